The van der Waals surface area contributed by atoms with E-state index in [4.69, 9.17) is 0 Å². The molecule has 0 amide bonds. The maximum Gasteiger partial charge on any atom is 0.191 e. The molecular formula is C22H29FN4O. The highest BCUT2D eigenvalue weighted by Gasteiger charge is 2.20. The average Bonchev–Trinajstić information content (AvgIpc) is 2.70. The molecule has 5 nitrogen and oxygen atoms in total. The number of aliphatic imine (C=N–C) groups is 1. The second-order valence-corrected chi connectivity index (χ2v) is 7.33. The zero-order valence-electron chi connectivity index (χ0n) is 16.6. The highest BCUT2D eigenvalue weighted by Crippen LogP contribution is 2.17. The molecule has 0 aliphatic carbocycles. The highest BCUT2D eigenvalue weighted by molar-refractivity contribution is 5.79. The standard InChI is InChI=1S/C22H29FN4O/c1-16-5-3-4-6-18(16)15-27-11-9-19(10-12-27)26-22(24-2)25-14-17-7-8-21(28)20(23)13-17/h3-8,13,19,28H,9-12,14-15H2,1-2H3,(H2,24,25,26). The summed E-state index contributed by atoms with van der Waals surface area (Å²) in [5.74, 6) is -0.224. The van der Waals surface area contributed by atoms with Crippen molar-refractivity contribution in [3.05, 3.63) is 65.0 Å². The molecule has 0 atom stereocenters. The van der Waals surface area contributed by atoms with Crippen LogP contribution >= 0.6 is 0 Å². The number of phenols is 1. The first kappa shape index (κ1) is 20.1. The molecule has 3 N–H and O–H groups in total. The van der Waals surface area contributed by atoms with Crippen LogP contribution in [0.15, 0.2) is 47.5 Å². The van der Waals surface area contributed by atoms with Crippen molar-refractivity contribution in [3.8, 4) is 5.75 Å². The Bertz CT molecular complexity index is 816. The highest BCUT2D eigenvalue weighted by atomic mass is 19.1. The predicted octanol–water partition coefficient (Wildman–Crippen LogP) is 3.17. The van der Waals surface area contributed by atoms with E-state index in [0.717, 1.165) is 38.0 Å². The second-order valence-electron chi connectivity index (χ2n) is 7.33. The molecule has 1 aliphatic rings. The van der Waals surface area contributed by atoms with Gasteiger partial charge in [0.05, 0.1) is 0 Å². The van der Waals surface area contributed by atoms with Crippen LogP contribution in [0.3, 0.4) is 0 Å². The van der Waals surface area contributed by atoms with Crippen molar-refractivity contribution < 1.29 is 9.50 Å². The summed E-state index contributed by atoms with van der Waals surface area (Å²) >= 11 is 0. The number of halogens is 1. The molecule has 3 rings (SSSR count). The Morgan fingerprint density at radius 2 is 1.96 bits per heavy atom. The number of aromatic hydroxyl groups is 1. The third-order valence-corrected chi connectivity index (χ3v) is 5.28. The summed E-state index contributed by atoms with van der Waals surface area (Å²) in [5.41, 5.74) is 3.50. The summed E-state index contributed by atoms with van der Waals surface area (Å²) < 4.78 is 13.4. The minimum Gasteiger partial charge on any atom is -0.505 e. The third-order valence-electron chi connectivity index (χ3n) is 5.28. The zero-order chi connectivity index (χ0) is 19.9. The molecule has 2 aromatic rings. The fraction of sp³-hybridized carbons (Fsp3) is 0.409. The van der Waals surface area contributed by atoms with Crippen molar-refractivity contribution in [2.75, 3.05) is 20.1 Å². The van der Waals surface area contributed by atoms with Crippen LogP contribution in [0.1, 0.15) is 29.5 Å². The van der Waals surface area contributed by atoms with E-state index < -0.39 is 5.82 Å². The van der Waals surface area contributed by atoms with Gasteiger partial charge in [-0.25, -0.2) is 4.39 Å². The van der Waals surface area contributed by atoms with Gasteiger partial charge in [0, 0.05) is 39.3 Å². The number of likely N-dealkylation sites (tertiary alicyclic amines) is 1. The molecule has 1 fully saturated rings. The quantitative estimate of drug-likeness (QED) is 0.547. The summed E-state index contributed by atoms with van der Waals surface area (Å²) in [6, 6.07) is 13.3. The Kier molecular flexibility index (Phi) is 6.87. The molecule has 0 radical (unpaired) electrons. The molecule has 1 heterocycles. The van der Waals surface area contributed by atoms with E-state index in [1.54, 1.807) is 13.1 Å². The molecule has 0 bridgehead atoms. The van der Waals surface area contributed by atoms with Gasteiger partial charge in [-0.2, -0.15) is 0 Å². The smallest absolute Gasteiger partial charge is 0.191 e. The number of phenolic OH excluding ortho intramolecular Hbond substituents is 1. The van der Waals surface area contributed by atoms with E-state index in [2.05, 4.69) is 51.7 Å². The number of guanidine groups is 1. The SMILES string of the molecule is CN=C(NCc1ccc(O)c(F)c1)NC1CCN(Cc2ccccc2C)CC1. The average molecular weight is 384 g/mol. The van der Waals surface area contributed by atoms with Gasteiger partial charge in [-0.15, -0.1) is 0 Å². The molecule has 2 aromatic carbocycles. The van der Waals surface area contributed by atoms with Crippen LogP contribution in [0, 0.1) is 12.7 Å². The van der Waals surface area contributed by atoms with Crippen LogP contribution in [-0.2, 0) is 13.1 Å². The van der Waals surface area contributed by atoms with E-state index in [1.807, 2.05) is 0 Å². The first-order chi connectivity index (χ1) is 13.5. The van der Waals surface area contributed by atoms with Gasteiger partial charge in [0.2, 0.25) is 0 Å². The summed E-state index contributed by atoms with van der Waals surface area (Å²) in [6.07, 6.45) is 2.11. The summed E-state index contributed by atoms with van der Waals surface area (Å²) in [6.45, 7) is 5.71. The van der Waals surface area contributed by atoms with Crippen LogP contribution < -0.4 is 10.6 Å². The maximum absolute atomic E-state index is 13.4. The van der Waals surface area contributed by atoms with Gasteiger partial charge in [-0.1, -0.05) is 30.3 Å². The lowest BCUT2D eigenvalue weighted by Crippen LogP contribution is -2.48. The lowest BCUT2D eigenvalue weighted by atomic mass is 10.0. The Morgan fingerprint density at radius 3 is 2.64 bits per heavy atom. The molecule has 0 saturated carbocycles. The predicted molar refractivity (Wildman–Crippen MR) is 111 cm³/mol. The number of rotatable bonds is 5. The maximum atomic E-state index is 13.4. The molecule has 1 aliphatic heterocycles. The monoisotopic (exact) mass is 384 g/mol. The largest absolute Gasteiger partial charge is 0.505 e. The van der Waals surface area contributed by atoms with Gasteiger partial charge in [-0.3, -0.25) is 9.89 Å². The van der Waals surface area contributed by atoms with Gasteiger partial charge in [0.25, 0.3) is 0 Å². The van der Waals surface area contributed by atoms with Crippen molar-refractivity contribution in [2.24, 2.45) is 4.99 Å². The van der Waals surface area contributed by atoms with Crippen molar-refractivity contribution in [3.63, 3.8) is 0 Å². The van der Waals surface area contributed by atoms with Crippen molar-refractivity contribution in [1.29, 1.82) is 0 Å². The Balaban J connectivity index is 1.45. The Labute approximate surface area is 166 Å². The minimum absolute atomic E-state index is 0.330. The number of aryl methyl sites for hydroxylation is 1. The van der Waals surface area contributed by atoms with Gasteiger partial charge in [0.1, 0.15) is 0 Å². The fourth-order valence-corrected chi connectivity index (χ4v) is 3.50. The molecule has 0 unspecified atom stereocenters. The Hall–Kier alpha value is -2.60. The van der Waals surface area contributed by atoms with Crippen LogP contribution in [0.4, 0.5) is 4.39 Å². The van der Waals surface area contributed by atoms with Crippen LogP contribution in [0.25, 0.3) is 0 Å². The third kappa shape index (κ3) is 5.45. The van der Waals surface area contributed by atoms with Gasteiger partial charge < -0.3 is 15.7 Å². The molecule has 0 aromatic heterocycles. The number of nitrogens with zero attached hydrogens (tertiary/aromatic N) is 2. The lowest BCUT2D eigenvalue weighted by Gasteiger charge is -2.33. The van der Waals surface area contributed by atoms with Gasteiger partial charge in [0.15, 0.2) is 17.5 Å². The number of piperidine rings is 1. The number of hydrogen-bond acceptors (Lipinski definition) is 3. The summed E-state index contributed by atoms with van der Waals surface area (Å²) in [4.78, 5) is 6.77. The topological polar surface area (TPSA) is 59.9 Å². The van der Waals surface area contributed by atoms with E-state index >= 15 is 0 Å². The van der Waals surface area contributed by atoms with E-state index in [0.29, 0.717) is 18.5 Å². The number of nitrogens with one attached hydrogen (secondary N) is 2. The fourth-order valence-electron chi connectivity index (χ4n) is 3.50. The number of hydrogen-bond donors (Lipinski definition) is 3. The zero-order valence-corrected chi connectivity index (χ0v) is 16.6. The van der Waals surface area contributed by atoms with Gasteiger partial charge >= 0.3 is 0 Å². The second kappa shape index (κ2) is 9.55. The molecule has 28 heavy (non-hydrogen) atoms. The van der Waals surface area contributed by atoms with Crippen LogP contribution in [0.5, 0.6) is 5.75 Å². The van der Waals surface area contributed by atoms with E-state index in [1.165, 1.54) is 23.3 Å². The molecule has 1 saturated heterocycles. The van der Waals surface area contributed by atoms with Crippen molar-refractivity contribution >= 4 is 5.96 Å². The van der Waals surface area contributed by atoms with Crippen molar-refractivity contribution in [2.45, 2.75) is 38.9 Å². The summed E-state index contributed by atoms with van der Waals surface area (Å²) in [7, 11) is 1.74. The molecule has 0 spiro atoms. The van der Waals surface area contributed by atoms with Crippen LogP contribution in [0.2, 0.25) is 0 Å². The van der Waals surface area contributed by atoms with Crippen molar-refractivity contribution in [1.82, 2.24) is 15.5 Å². The summed E-state index contributed by atoms with van der Waals surface area (Å²) in [5, 5.41) is 16.0. The first-order valence-corrected chi connectivity index (χ1v) is 9.76. The first-order valence-electron chi connectivity index (χ1n) is 9.76. The lowest BCUT2D eigenvalue weighted by molar-refractivity contribution is 0.198. The van der Waals surface area contributed by atoms with E-state index in [-0.39, 0.29) is 5.75 Å². The van der Waals surface area contributed by atoms with Gasteiger partial charge in [-0.05, 0) is 48.6 Å². The molecule has 6 heteroatoms. The van der Waals surface area contributed by atoms with E-state index in [9.17, 15) is 9.50 Å². The van der Waals surface area contributed by atoms with Crippen LogP contribution in [-0.4, -0.2) is 42.1 Å². The Morgan fingerprint density at radius 1 is 1.21 bits per heavy atom. The molecule has 150 valence electrons. The minimum atomic E-state index is -0.608. The normalized spacial score (nSPS) is 16.2. The number of benzene rings is 2. The molecular weight excluding hydrogens is 355 g/mol.